The number of para-hydroxylation sites is 1. The van der Waals surface area contributed by atoms with Crippen LogP contribution < -0.4 is 15.4 Å². The summed E-state index contributed by atoms with van der Waals surface area (Å²) in [4.78, 5) is 20.2. The zero-order chi connectivity index (χ0) is 26.6. The normalized spacial score (nSPS) is 15.8. The standard InChI is InChI=1S/C29H28Cl2N4O2S/c30-21-10-8-19(25(31)16-21)12-13-33-29-35(17-23-7-4-14-34(23)22-5-2-1-3-6-22)26(18-38-29)20-9-11-27(36)24(15-20)28(32)37/h1-3,5-6,8-11,15-16,18,23,36H,4,7,12-14,17H2,(H2,32,37). The second kappa shape index (κ2) is 11.6. The van der Waals surface area contributed by atoms with Gasteiger partial charge in [0.2, 0.25) is 0 Å². The number of phenols is 1. The Labute approximate surface area is 235 Å². The number of carbonyl (C=O) groups is 1. The molecule has 2 heterocycles. The summed E-state index contributed by atoms with van der Waals surface area (Å²) in [6.07, 6.45) is 2.87. The third kappa shape index (κ3) is 5.75. The summed E-state index contributed by atoms with van der Waals surface area (Å²) in [5.74, 6) is -0.791. The van der Waals surface area contributed by atoms with E-state index in [4.69, 9.17) is 33.9 Å². The van der Waals surface area contributed by atoms with Crippen LogP contribution in [0, 0.1) is 0 Å². The number of rotatable bonds is 8. The summed E-state index contributed by atoms with van der Waals surface area (Å²) < 4.78 is 2.22. The number of nitrogens with zero attached hydrogens (tertiary/aromatic N) is 3. The fourth-order valence-electron chi connectivity index (χ4n) is 4.95. The van der Waals surface area contributed by atoms with Crippen molar-refractivity contribution >= 4 is 46.1 Å². The minimum Gasteiger partial charge on any atom is -0.507 e. The number of thiazole rings is 1. The smallest absolute Gasteiger partial charge is 0.252 e. The largest absolute Gasteiger partial charge is 0.507 e. The SMILES string of the molecule is NC(=O)c1cc(-c2csc(=NCCc3ccc(Cl)cc3Cl)n2CC2CCCN2c2ccccc2)ccc1O. The maximum absolute atomic E-state index is 11.9. The van der Waals surface area contributed by atoms with Crippen LogP contribution in [0.1, 0.15) is 28.8 Å². The molecule has 1 saturated heterocycles. The van der Waals surface area contributed by atoms with Crippen molar-refractivity contribution in [3.05, 3.63) is 98.1 Å². The highest BCUT2D eigenvalue weighted by atomic mass is 35.5. The van der Waals surface area contributed by atoms with Crippen LogP contribution in [0.3, 0.4) is 0 Å². The van der Waals surface area contributed by atoms with E-state index < -0.39 is 5.91 Å². The number of nitrogens with two attached hydrogens (primary N) is 1. The quantitative estimate of drug-likeness (QED) is 0.268. The van der Waals surface area contributed by atoms with E-state index >= 15 is 0 Å². The lowest BCUT2D eigenvalue weighted by Gasteiger charge is -2.28. The molecule has 0 bridgehead atoms. The fourth-order valence-corrected chi connectivity index (χ4v) is 6.40. The Balaban J connectivity index is 1.50. The number of benzene rings is 3. The van der Waals surface area contributed by atoms with Crippen LogP contribution in [0.25, 0.3) is 11.3 Å². The lowest BCUT2D eigenvalue weighted by atomic mass is 10.1. The number of aromatic hydroxyl groups is 1. The molecule has 3 N–H and O–H groups in total. The molecule has 1 amide bonds. The molecular formula is C29H28Cl2N4O2S. The van der Waals surface area contributed by atoms with Crippen LogP contribution in [-0.4, -0.2) is 34.7 Å². The molecule has 3 aromatic carbocycles. The average molecular weight is 568 g/mol. The van der Waals surface area contributed by atoms with Crippen LogP contribution in [0.5, 0.6) is 5.75 Å². The van der Waals surface area contributed by atoms with Gasteiger partial charge in [0, 0.05) is 52.4 Å². The molecule has 0 radical (unpaired) electrons. The molecule has 0 aliphatic carbocycles. The first-order valence-corrected chi connectivity index (χ1v) is 14.1. The maximum Gasteiger partial charge on any atom is 0.252 e. The van der Waals surface area contributed by atoms with Gasteiger partial charge in [-0.05, 0) is 67.3 Å². The van der Waals surface area contributed by atoms with E-state index in [0.29, 0.717) is 29.1 Å². The van der Waals surface area contributed by atoms with Crippen molar-refractivity contribution in [2.45, 2.75) is 31.8 Å². The van der Waals surface area contributed by atoms with Crippen molar-refractivity contribution in [1.29, 1.82) is 0 Å². The van der Waals surface area contributed by atoms with Crippen LogP contribution in [0.4, 0.5) is 5.69 Å². The molecule has 196 valence electrons. The maximum atomic E-state index is 11.9. The van der Waals surface area contributed by atoms with E-state index in [1.807, 2.05) is 23.6 Å². The number of amides is 1. The summed E-state index contributed by atoms with van der Waals surface area (Å²) in [6, 6.07) is 21.3. The molecule has 1 unspecified atom stereocenters. The van der Waals surface area contributed by atoms with E-state index in [9.17, 15) is 9.90 Å². The van der Waals surface area contributed by atoms with Crippen molar-refractivity contribution < 1.29 is 9.90 Å². The number of aromatic nitrogens is 1. The molecule has 6 nitrogen and oxygen atoms in total. The topological polar surface area (TPSA) is 83.9 Å². The summed E-state index contributed by atoms with van der Waals surface area (Å²) in [7, 11) is 0. The lowest BCUT2D eigenvalue weighted by Crippen LogP contribution is -2.35. The van der Waals surface area contributed by atoms with Crippen LogP contribution >= 0.6 is 34.5 Å². The second-order valence-corrected chi connectivity index (χ2v) is 11.0. The highest BCUT2D eigenvalue weighted by Gasteiger charge is 2.26. The van der Waals surface area contributed by atoms with Gasteiger partial charge in [0.05, 0.1) is 11.3 Å². The molecule has 0 spiro atoms. The van der Waals surface area contributed by atoms with Gasteiger partial charge in [-0.15, -0.1) is 11.3 Å². The molecule has 5 rings (SSSR count). The highest BCUT2D eigenvalue weighted by molar-refractivity contribution is 7.07. The van der Waals surface area contributed by atoms with Crippen LogP contribution in [0.15, 0.2) is 77.1 Å². The molecule has 1 fully saturated rings. The number of hydrogen-bond donors (Lipinski definition) is 2. The van der Waals surface area contributed by atoms with E-state index in [-0.39, 0.29) is 11.3 Å². The van der Waals surface area contributed by atoms with Gasteiger partial charge in [0.25, 0.3) is 5.91 Å². The molecule has 1 aliphatic rings. The molecular weight excluding hydrogens is 539 g/mol. The van der Waals surface area contributed by atoms with Crippen LogP contribution in [-0.2, 0) is 13.0 Å². The van der Waals surface area contributed by atoms with E-state index in [1.54, 1.807) is 29.5 Å². The van der Waals surface area contributed by atoms with Crippen molar-refractivity contribution in [3.8, 4) is 17.0 Å². The van der Waals surface area contributed by atoms with Gasteiger partial charge >= 0.3 is 0 Å². The Morgan fingerprint density at radius 2 is 1.92 bits per heavy atom. The molecule has 1 atom stereocenters. The number of anilines is 1. The zero-order valence-corrected chi connectivity index (χ0v) is 23.0. The Bertz CT molecular complexity index is 1520. The van der Waals surface area contributed by atoms with Crippen LogP contribution in [0.2, 0.25) is 10.0 Å². The average Bonchev–Trinajstić information content (AvgIpc) is 3.53. The van der Waals surface area contributed by atoms with Gasteiger partial charge in [-0.25, -0.2) is 0 Å². The second-order valence-electron chi connectivity index (χ2n) is 9.30. The molecule has 38 heavy (non-hydrogen) atoms. The third-order valence-corrected chi connectivity index (χ3v) is 8.35. The summed E-state index contributed by atoms with van der Waals surface area (Å²) in [5.41, 5.74) is 9.56. The minimum absolute atomic E-state index is 0.0999. The molecule has 0 saturated carbocycles. The summed E-state index contributed by atoms with van der Waals surface area (Å²) in [5, 5.41) is 13.4. The zero-order valence-electron chi connectivity index (χ0n) is 20.7. The Hall–Kier alpha value is -3.26. The highest BCUT2D eigenvalue weighted by Crippen LogP contribution is 2.30. The van der Waals surface area contributed by atoms with E-state index in [2.05, 4.69) is 33.7 Å². The molecule has 9 heteroatoms. The van der Waals surface area contributed by atoms with Gasteiger partial charge < -0.3 is 20.3 Å². The number of hydrogen-bond acceptors (Lipinski definition) is 5. The van der Waals surface area contributed by atoms with Gasteiger partial charge in [-0.3, -0.25) is 9.79 Å². The number of primary amides is 1. The molecule has 1 aliphatic heterocycles. The Kier molecular flexibility index (Phi) is 8.07. The lowest BCUT2D eigenvalue weighted by molar-refractivity contribution is 0.0998. The van der Waals surface area contributed by atoms with Gasteiger partial charge in [0.15, 0.2) is 4.80 Å². The molecule has 1 aromatic heterocycles. The monoisotopic (exact) mass is 566 g/mol. The van der Waals surface area contributed by atoms with E-state index in [1.165, 1.54) is 11.8 Å². The van der Waals surface area contributed by atoms with Crippen molar-refractivity contribution in [2.75, 3.05) is 18.0 Å². The Morgan fingerprint density at radius 3 is 2.68 bits per heavy atom. The summed E-state index contributed by atoms with van der Waals surface area (Å²) in [6.45, 7) is 2.30. The van der Waals surface area contributed by atoms with Crippen molar-refractivity contribution in [2.24, 2.45) is 10.7 Å². The van der Waals surface area contributed by atoms with Gasteiger partial charge in [-0.1, -0.05) is 47.5 Å². The first kappa shape index (κ1) is 26.4. The van der Waals surface area contributed by atoms with Crippen molar-refractivity contribution in [3.63, 3.8) is 0 Å². The number of halogens is 2. The molecule has 4 aromatic rings. The minimum atomic E-state index is -0.665. The van der Waals surface area contributed by atoms with E-state index in [0.717, 1.165) is 47.6 Å². The van der Waals surface area contributed by atoms with Gasteiger partial charge in [0.1, 0.15) is 5.75 Å². The fraction of sp³-hybridized carbons (Fsp3) is 0.241. The third-order valence-electron chi connectivity index (χ3n) is 6.86. The predicted octanol–water partition coefficient (Wildman–Crippen LogP) is 6.14. The predicted molar refractivity (Wildman–Crippen MR) is 155 cm³/mol. The summed E-state index contributed by atoms with van der Waals surface area (Å²) >= 11 is 14.0. The van der Waals surface area contributed by atoms with Crippen molar-refractivity contribution in [1.82, 2.24) is 4.57 Å². The Morgan fingerprint density at radius 1 is 1.11 bits per heavy atom. The first-order chi connectivity index (χ1) is 18.4. The first-order valence-electron chi connectivity index (χ1n) is 12.5. The van der Waals surface area contributed by atoms with Gasteiger partial charge in [-0.2, -0.15) is 0 Å². The number of carbonyl (C=O) groups excluding carboxylic acids is 1.